The molecule has 0 bridgehead atoms. The van der Waals surface area contributed by atoms with Crippen molar-refractivity contribution in [3.05, 3.63) is 23.8 Å². The molecule has 2 aliphatic rings. The van der Waals surface area contributed by atoms with Crippen LogP contribution < -0.4 is 9.64 Å². The Morgan fingerprint density at radius 3 is 2.76 bits per heavy atom. The van der Waals surface area contributed by atoms with Crippen molar-refractivity contribution in [1.29, 1.82) is 0 Å². The second kappa shape index (κ2) is 5.73. The van der Waals surface area contributed by atoms with E-state index in [-0.39, 0.29) is 31.6 Å². The number of nitrogens with zero attached hydrogens (tertiary/aromatic N) is 2. The Kier molecular flexibility index (Phi) is 3.79. The molecular formula is C15H18N2O4. The van der Waals surface area contributed by atoms with E-state index in [2.05, 4.69) is 0 Å². The topological polar surface area (TPSA) is 70.1 Å². The lowest BCUT2D eigenvalue weighted by molar-refractivity contribution is -0.131. The number of ether oxygens (including phenoxy) is 1. The van der Waals surface area contributed by atoms with Gasteiger partial charge in [0.2, 0.25) is 5.91 Å². The largest absolute Gasteiger partial charge is 0.482 e. The molecule has 2 heterocycles. The predicted molar refractivity (Wildman–Crippen MR) is 76.0 cm³/mol. The standard InChI is InChI=1S/C15H18N2O4/c18-9-11-3-4-13-12(7-11)17(15(20)10-21-13)8-14(19)16-5-1-2-6-16/h3-4,7,18H,1-2,5-6,8-10H2. The first-order valence-corrected chi connectivity index (χ1v) is 7.14. The first kappa shape index (κ1) is 13.9. The fourth-order valence-electron chi connectivity index (χ4n) is 2.72. The molecule has 0 radical (unpaired) electrons. The maximum absolute atomic E-state index is 12.3. The summed E-state index contributed by atoms with van der Waals surface area (Å²) in [5, 5.41) is 9.23. The molecule has 0 aromatic heterocycles. The van der Waals surface area contributed by atoms with Crippen molar-refractivity contribution in [2.24, 2.45) is 0 Å². The van der Waals surface area contributed by atoms with Gasteiger partial charge in [-0.3, -0.25) is 14.5 Å². The molecule has 0 aliphatic carbocycles. The Balaban J connectivity index is 1.84. The van der Waals surface area contributed by atoms with E-state index >= 15 is 0 Å². The molecule has 1 aromatic rings. The van der Waals surface area contributed by atoms with E-state index in [1.165, 1.54) is 4.90 Å². The van der Waals surface area contributed by atoms with Crippen LogP contribution in [0.4, 0.5) is 5.69 Å². The fourth-order valence-corrected chi connectivity index (χ4v) is 2.72. The van der Waals surface area contributed by atoms with Crippen molar-refractivity contribution in [3.63, 3.8) is 0 Å². The number of anilines is 1. The number of carbonyl (C=O) groups is 2. The lowest BCUT2D eigenvalue weighted by Crippen LogP contribution is -2.45. The van der Waals surface area contributed by atoms with Crippen LogP contribution in [0.25, 0.3) is 0 Å². The van der Waals surface area contributed by atoms with Gasteiger partial charge in [0.25, 0.3) is 5.91 Å². The van der Waals surface area contributed by atoms with Gasteiger partial charge in [0.1, 0.15) is 12.3 Å². The third-order valence-electron chi connectivity index (χ3n) is 3.90. The molecule has 2 aliphatic heterocycles. The molecule has 6 nitrogen and oxygen atoms in total. The van der Waals surface area contributed by atoms with Gasteiger partial charge in [-0.1, -0.05) is 6.07 Å². The molecule has 1 saturated heterocycles. The Bertz CT molecular complexity index is 567. The molecule has 112 valence electrons. The minimum Gasteiger partial charge on any atom is -0.482 e. The SMILES string of the molecule is O=C(CN1C(=O)COc2ccc(CO)cc21)N1CCCC1. The Morgan fingerprint density at radius 1 is 1.29 bits per heavy atom. The van der Waals surface area contributed by atoms with E-state index in [0.29, 0.717) is 17.0 Å². The Morgan fingerprint density at radius 2 is 2.05 bits per heavy atom. The molecule has 2 amide bonds. The highest BCUT2D eigenvalue weighted by Crippen LogP contribution is 2.33. The molecule has 0 unspecified atom stereocenters. The van der Waals surface area contributed by atoms with Crippen molar-refractivity contribution in [1.82, 2.24) is 4.90 Å². The number of hydrogen-bond donors (Lipinski definition) is 1. The fraction of sp³-hybridized carbons (Fsp3) is 0.467. The second-order valence-corrected chi connectivity index (χ2v) is 5.32. The number of aliphatic hydroxyl groups excluding tert-OH is 1. The van der Waals surface area contributed by atoms with Crippen molar-refractivity contribution in [2.45, 2.75) is 19.4 Å². The minimum atomic E-state index is -0.231. The van der Waals surface area contributed by atoms with E-state index in [1.807, 2.05) is 0 Å². The first-order chi connectivity index (χ1) is 10.2. The van der Waals surface area contributed by atoms with Crippen LogP contribution >= 0.6 is 0 Å². The zero-order valence-corrected chi connectivity index (χ0v) is 11.7. The van der Waals surface area contributed by atoms with Gasteiger partial charge < -0.3 is 14.7 Å². The van der Waals surface area contributed by atoms with Gasteiger partial charge in [-0.25, -0.2) is 0 Å². The molecule has 1 fully saturated rings. The maximum atomic E-state index is 12.3. The van der Waals surface area contributed by atoms with Gasteiger partial charge in [0, 0.05) is 13.1 Å². The minimum absolute atomic E-state index is 0.0318. The van der Waals surface area contributed by atoms with Crippen molar-refractivity contribution in [3.8, 4) is 5.75 Å². The highest BCUT2D eigenvalue weighted by Gasteiger charge is 2.29. The molecule has 21 heavy (non-hydrogen) atoms. The number of likely N-dealkylation sites (tertiary alicyclic amines) is 1. The second-order valence-electron chi connectivity index (χ2n) is 5.32. The monoisotopic (exact) mass is 290 g/mol. The number of fused-ring (bicyclic) bond motifs is 1. The van der Waals surface area contributed by atoms with Gasteiger partial charge in [0.15, 0.2) is 6.61 Å². The molecule has 0 spiro atoms. The van der Waals surface area contributed by atoms with Crippen molar-refractivity contribution in [2.75, 3.05) is 31.1 Å². The van der Waals surface area contributed by atoms with Crippen LogP contribution in [0.3, 0.4) is 0 Å². The lowest BCUT2D eigenvalue weighted by atomic mass is 10.1. The van der Waals surface area contributed by atoms with Crippen molar-refractivity contribution < 1.29 is 19.4 Å². The third-order valence-corrected chi connectivity index (χ3v) is 3.90. The molecule has 1 aromatic carbocycles. The highest BCUT2D eigenvalue weighted by atomic mass is 16.5. The summed E-state index contributed by atoms with van der Waals surface area (Å²) in [6.45, 7) is 1.39. The van der Waals surface area contributed by atoms with Crippen LogP contribution in [0.5, 0.6) is 5.75 Å². The molecule has 0 atom stereocenters. The van der Waals surface area contributed by atoms with Crippen LogP contribution in [0.1, 0.15) is 18.4 Å². The summed E-state index contributed by atoms with van der Waals surface area (Å²) in [6, 6.07) is 5.17. The van der Waals surface area contributed by atoms with Crippen LogP contribution in [0, 0.1) is 0 Å². The van der Waals surface area contributed by atoms with Gasteiger partial charge >= 0.3 is 0 Å². The normalized spacial score (nSPS) is 17.7. The quantitative estimate of drug-likeness (QED) is 0.881. The summed E-state index contributed by atoms with van der Waals surface area (Å²) in [6.07, 6.45) is 2.04. The summed E-state index contributed by atoms with van der Waals surface area (Å²) >= 11 is 0. The Labute approximate surface area is 122 Å². The number of carbonyl (C=O) groups excluding carboxylic acids is 2. The molecule has 0 saturated carbocycles. The molecule has 6 heteroatoms. The van der Waals surface area contributed by atoms with Gasteiger partial charge in [-0.05, 0) is 30.5 Å². The molecule has 1 N–H and O–H groups in total. The third kappa shape index (κ3) is 2.71. The molecular weight excluding hydrogens is 272 g/mol. The Hall–Kier alpha value is -2.08. The maximum Gasteiger partial charge on any atom is 0.265 e. The summed E-state index contributed by atoms with van der Waals surface area (Å²) in [4.78, 5) is 27.6. The average Bonchev–Trinajstić information content (AvgIpc) is 3.04. The van der Waals surface area contributed by atoms with Crippen LogP contribution in [-0.2, 0) is 16.2 Å². The van der Waals surface area contributed by atoms with E-state index < -0.39 is 0 Å². The van der Waals surface area contributed by atoms with E-state index in [1.54, 1.807) is 23.1 Å². The summed E-state index contributed by atoms with van der Waals surface area (Å²) in [5.41, 5.74) is 1.25. The van der Waals surface area contributed by atoms with E-state index in [4.69, 9.17) is 4.74 Å². The smallest absolute Gasteiger partial charge is 0.265 e. The van der Waals surface area contributed by atoms with Crippen molar-refractivity contribution >= 4 is 17.5 Å². The zero-order chi connectivity index (χ0) is 14.8. The summed E-state index contributed by atoms with van der Waals surface area (Å²) < 4.78 is 5.37. The summed E-state index contributed by atoms with van der Waals surface area (Å²) in [5.74, 6) is 0.300. The summed E-state index contributed by atoms with van der Waals surface area (Å²) in [7, 11) is 0. The lowest BCUT2D eigenvalue weighted by Gasteiger charge is -2.30. The average molecular weight is 290 g/mol. The highest BCUT2D eigenvalue weighted by molar-refractivity contribution is 6.02. The van der Waals surface area contributed by atoms with E-state index in [9.17, 15) is 14.7 Å². The molecule has 3 rings (SSSR count). The van der Waals surface area contributed by atoms with Gasteiger partial charge in [0.05, 0.1) is 12.3 Å². The predicted octanol–water partition coefficient (Wildman–Crippen LogP) is 0.527. The van der Waals surface area contributed by atoms with Crippen LogP contribution in [0.15, 0.2) is 18.2 Å². The number of aliphatic hydroxyl groups is 1. The van der Waals surface area contributed by atoms with E-state index in [0.717, 1.165) is 25.9 Å². The van der Waals surface area contributed by atoms with Gasteiger partial charge in [-0.2, -0.15) is 0 Å². The number of benzene rings is 1. The number of amides is 2. The van der Waals surface area contributed by atoms with Crippen LogP contribution in [-0.4, -0.2) is 48.1 Å². The van der Waals surface area contributed by atoms with Crippen LogP contribution in [0.2, 0.25) is 0 Å². The number of rotatable bonds is 3. The number of hydrogen-bond acceptors (Lipinski definition) is 4. The first-order valence-electron chi connectivity index (χ1n) is 7.14. The van der Waals surface area contributed by atoms with Gasteiger partial charge in [-0.15, -0.1) is 0 Å². The zero-order valence-electron chi connectivity index (χ0n) is 11.7.